The number of aliphatic hydroxyl groups is 1. The monoisotopic (exact) mass is 930 g/mol. The van der Waals surface area contributed by atoms with Crippen molar-refractivity contribution < 1.29 is 52.6 Å². The van der Waals surface area contributed by atoms with Crippen LogP contribution in [0.1, 0.15) is 240 Å². The maximum absolute atomic E-state index is 12.7. The van der Waals surface area contributed by atoms with Gasteiger partial charge in [-0.15, -0.1) is 0 Å². The molecule has 0 aliphatic carbocycles. The molecule has 1 N–H and O–H groups in total. The summed E-state index contributed by atoms with van der Waals surface area (Å²) in [4.78, 5) is 39.5. The number of hydrogen-bond donors (Lipinski definition) is 1. The largest absolute Gasteiger partial charge is 0.508 e. The van der Waals surface area contributed by atoms with Gasteiger partial charge in [0, 0.05) is 45.4 Å². The molecule has 0 saturated heterocycles. The van der Waals surface area contributed by atoms with Gasteiger partial charge in [0.15, 0.2) is 12.6 Å². The number of unbranched alkanes of at least 4 members (excludes halogenated alkanes) is 23. The Bertz CT molecular complexity index is 1010. The van der Waals surface area contributed by atoms with E-state index < -0.39 is 24.7 Å². The summed E-state index contributed by atoms with van der Waals surface area (Å²) in [7, 11) is 0. The molecule has 0 spiro atoms. The van der Waals surface area contributed by atoms with Crippen LogP contribution in [-0.4, -0.2) is 107 Å². The average molecular weight is 930 g/mol. The molecule has 0 aliphatic rings. The van der Waals surface area contributed by atoms with Gasteiger partial charge in [0.25, 0.3) is 0 Å². The number of carbonyl (C=O) groups excluding carboxylic acids is 3. The number of aliphatic hydroxyl groups excluding tert-OH is 1. The van der Waals surface area contributed by atoms with Crippen molar-refractivity contribution in [1.29, 1.82) is 0 Å². The zero-order valence-corrected chi connectivity index (χ0v) is 42.9. The number of hydrogen-bond acceptors (Lipinski definition) is 12. The minimum atomic E-state index is -1.09. The second-order valence-corrected chi connectivity index (χ2v) is 18.1. The van der Waals surface area contributed by atoms with Crippen LogP contribution in [0.5, 0.6) is 0 Å². The lowest BCUT2D eigenvalue weighted by Gasteiger charge is -2.22. The Kier molecular flexibility index (Phi) is 48.4. The summed E-state index contributed by atoms with van der Waals surface area (Å²) in [5, 5.41) is 10.9. The Morgan fingerprint density at radius 2 is 0.831 bits per heavy atom. The SMILES string of the molecule is CCCCCCCCCCCCOC(=O)CCCCCCCC(=O)OCC(COC(=O)OCCCN(CC)CC)CO[C@H](O)CCC(OCCCCCCCC)OCCCCCCCC. The summed E-state index contributed by atoms with van der Waals surface area (Å²) in [5.74, 6) is -0.948. The average Bonchev–Trinajstić information content (AvgIpc) is 3.30. The number of ether oxygens (including phenoxy) is 7. The Labute approximate surface area is 399 Å². The number of nitrogens with zero attached hydrogens (tertiary/aromatic N) is 1. The lowest BCUT2D eigenvalue weighted by molar-refractivity contribution is -0.170. The van der Waals surface area contributed by atoms with E-state index in [-0.39, 0.29) is 44.8 Å². The van der Waals surface area contributed by atoms with Crippen molar-refractivity contribution >= 4 is 18.1 Å². The molecule has 0 radical (unpaired) electrons. The van der Waals surface area contributed by atoms with Crippen molar-refractivity contribution in [3.8, 4) is 0 Å². The van der Waals surface area contributed by atoms with E-state index in [1.807, 2.05) is 0 Å². The van der Waals surface area contributed by atoms with Gasteiger partial charge in [0.2, 0.25) is 0 Å². The fourth-order valence-electron chi connectivity index (χ4n) is 7.57. The zero-order chi connectivity index (χ0) is 47.7. The second kappa shape index (κ2) is 49.9. The van der Waals surface area contributed by atoms with Crippen LogP contribution in [0.3, 0.4) is 0 Å². The zero-order valence-electron chi connectivity index (χ0n) is 42.9. The third kappa shape index (κ3) is 45.6. The van der Waals surface area contributed by atoms with Crippen molar-refractivity contribution in [2.24, 2.45) is 5.92 Å². The number of esters is 2. The minimum Gasteiger partial charge on any atom is -0.466 e. The molecule has 12 heteroatoms. The summed E-state index contributed by atoms with van der Waals surface area (Å²) < 4.78 is 39.8. The van der Waals surface area contributed by atoms with Gasteiger partial charge in [-0.05, 0) is 51.6 Å². The van der Waals surface area contributed by atoms with Crippen LogP contribution < -0.4 is 0 Å². The van der Waals surface area contributed by atoms with Gasteiger partial charge in [-0.25, -0.2) is 4.79 Å². The predicted octanol–water partition coefficient (Wildman–Crippen LogP) is 13.4. The first kappa shape index (κ1) is 63.0. The molecule has 0 heterocycles. The molecule has 386 valence electrons. The summed E-state index contributed by atoms with van der Waals surface area (Å²) in [6.45, 7) is 15.5. The highest BCUT2D eigenvalue weighted by molar-refractivity contribution is 5.69. The molecule has 1 unspecified atom stereocenters. The minimum absolute atomic E-state index is 0.0204. The topological polar surface area (TPSA) is 139 Å². The maximum atomic E-state index is 12.7. The molecule has 0 bridgehead atoms. The van der Waals surface area contributed by atoms with Crippen LogP contribution in [-0.2, 0) is 42.7 Å². The molecular formula is C53H103NO11. The maximum Gasteiger partial charge on any atom is 0.508 e. The van der Waals surface area contributed by atoms with Crippen LogP contribution >= 0.6 is 0 Å². The molecule has 0 rings (SSSR count). The first-order valence-corrected chi connectivity index (χ1v) is 27.1. The van der Waals surface area contributed by atoms with E-state index in [1.54, 1.807) is 0 Å². The molecule has 0 fully saturated rings. The summed E-state index contributed by atoms with van der Waals surface area (Å²) in [6, 6.07) is 0. The van der Waals surface area contributed by atoms with E-state index in [9.17, 15) is 19.5 Å². The van der Waals surface area contributed by atoms with Crippen molar-refractivity contribution in [1.82, 2.24) is 4.90 Å². The van der Waals surface area contributed by atoms with Crippen molar-refractivity contribution in [2.75, 3.05) is 65.9 Å². The molecule has 0 saturated carbocycles. The van der Waals surface area contributed by atoms with E-state index in [2.05, 4.69) is 39.5 Å². The quantitative estimate of drug-likeness (QED) is 0.0269. The highest BCUT2D eigenvalue weighted by atomic mass is 16.7. The summed E-state index contributed by atoms with van der Waals surface area (Å²) in [5.41, 5.74) is 0. The summed E-state index contributed by atoms with van der Waals surface area (Å²) >= 11 is 0. The smallest absolute Gasteiger partial charge is 0.466 e. The molecule has 0 aromatic heterocycles. The van der Waals surface area contributed by atoms with Crippen LogP contribution in [0, 0.1) is 5.92 Å². The van der Waals surface area contributed by atoms with E-state index in [0.29, 0.717) is 51.9 Å². The standard InChI is InChI=1S/C53H103NO11/c1-6-11-14-17-20-21-22-23-29-32-41-59-49(55)36-30-25-24-26-31-37-50(56)63-45-48(47-65-53(58)62-44-35-40-54(9-4)10-5)46-64-51(57)38-39-52(60-42-33-27-18-15-12-7-2)61-43-34-28-19-16-13-8-3/h48,51-52,57H,6-47H2,1-5H3/t48?,51-/m0/s1. The molecule has 0 aromatic rings. The first-order valence-electron chi connectivity index (χ1n) is 27.1. The normalized spacial score (nSPS) is 12.5. The Morgan fingerprint density at radius 1 is 0.415 bits per heavy atom. The molecule has 0 amide bonds. The van der Waals surface area contributed by atoms with Gasteiger partial charge in [-0.1, -0.05) is 176 Å². The highest BCUT2D eigenvalue weighted by Crippen LogP contribution is 2.16. The fraction of sp³-hybridized carbons (Fsp3) is 0.943. The van der Waals surface area contributed by atoms with E-state index in [0.717, 1.165) is 83.8 Å². The van der Waals surface area contributed by atoms with Crippen LogP contribution in [0.2, 0.25) is 0 Å². The summed E-state index contributed by atoms with van der Waals surface area (Å²) in [6.07, 6.45) is 30.7. The Balaban J connectivity index is 4.72. The van der Waals surface area contributed by atoms with Crippen LogP contribution in [0.15, 0.2) is 0 Å². The van der Waals surface area contributed by atoms with Crippen molar-refractivity contribution in [3.05, 3.63) is 0 Å². The van der Waals surface area contributed by atoms with Gasteiger partial charge in [0.1, 0.15) is 6.61 Å². The predicted molar refractivity (Wildman–Crippen MR) is 263 cm³/mol. The van der Waals surface area contributed by atoms with Crippen LogP contribution in [0.25, 0.3) is 0 Å². The molecule has 0 aromatic carbocycles. The molecule has 2 atom stereocenters. The van der Waals surface area contributed by atoms with Gasteiger partial charge in [0.05, 0.1) is 32.3 Å². The highest BCUT2D eigenvalue weighted by Gasteiger charge is 2.20. The molecular weight excluding hydrogens is 827 g/mol. The van der Waals surface area contributed by atoms with E-state index >= 15 is 0 Å². The van der Waals surface area contributed by atoms with Crippen LogP contribution in [0.4, 0.5) is 4.79 Å². The third-order valence-corrected chi connectivity index (χ3v) is 11.9. The van der Waals surface area contributed by atoms with Crippen molar-refractivity contribution in [2.45, 2.75) is 253 Å². The van der Waals surface area contributed by atoms with Gasteiger partial charge in [-0.2, -0.15) is 0 Å². The first-order chi connectivity index (χ1) is 31.8. The molecule has 0 aliphatic heterocycles. The lowest BCUT2D eigenvalue weighted by atomic mass is 10.1. The van der Waals surface area contributed by atoms with Crippen molar-refractivity contribution in [3.63, 3.8) is 0 Å². The number of rotatable bonds is 51. The number of carbonyl (C=O) groups is 3. The van der Waals surface area contributed by atoms with E-state index in [1.165, 1.54) is 103 Å². The van der Waals surface area contributed by atoms with Gasteiger partial charge >= 0.3 is 18.1 Å². The molecule has 12 nitrogen and oxygen atoms in total. The Morgan fingerprint density at radius 3 is 1.32 bits per heavy atom. The van der Waals surface area contributed by atoms with E-state index in [4.69, 9.17) is 33.2 Å². The lowest BCUT2D eigenvalue weighted by Crippen LogP contribution is -2.29. The fourth-order valence-corrected chi connectivity index (χ4v) is 7.57. The third-order valence-electron chi connectivity index (χ3n) is 11.9. The Hall–Kier alpha value is -1.99. The van der Waals surface area contributed by atoms with Gasteiger partial charge in [-0.3, -0.25) is 9.59 Å². The van der Waals surface area contributed by atoms with Gasteiger partial charge < -0.3 is 43.2 Å². The molecule has 65 heavy (non-hydrogen) atoms. The second-order valence-electron chi connectivity index (χ2n) is 18.1.